The molecule has 4 nitrogen and oxygen atoms in total. The van der Waals surface area contributed by atoms with Crippen LogP contribution in [0.15, 0.2) is 36.7 Å². The van der Waals surface area contributed by atoms with Crippen LogP contribution in [-0.4, -0.2) is 28.0 Å². The number of benzene rings is 1. The van der Waals surface area contributed by atoms with Gasteiger partial charge in [0.05, 0.1) is 6.54 Å². The summed E-state index contributed by atoms with van der Waals surface area (Å²) in [4.78, 5) is 6.62. The van der Waals surface area contributed by atoms with E-state index in [1.807, 2.05) is 19.4 Å². The maximum Gasteiger partial charge on any atom is 0.122 e. The first kappa shape index (κ1) is 14.8. The first-order valence-electron chi connectivity index (χ1n) is 7.03. The zero-order valence-corrected chi connectivity index (χ0v) is 12.6. The molecule has 2 N–H and O–H groups in total. The Kier molecular flexibility index (Phi) is 4.93. The number of hydrogen-bond acceptors (Lipinski definition) is 3. The quantitative estimate of drug-likeness (QED) is 0.876. The Morgan fingerprint density at radius 1 is 1.25 bits per heavy atom. The molecule has 0 saturated heterocycles. The summed E-state index contributed by atoms with van der Waals surface area (Å²) in [7, 11) is 4.14. The molecule has 0 aliphatic heterocycles. The fraction of sp³-hybridized carbons (Fsp3) is 0.438. The average Bonchev–Trinajstić information content (AvgIpc) is 2.84. The second-order valence-corrected chi connectivity index (χ2v) is 5.50. The predicted octanol–water partition coefficient (Wildman–Crippen LogP) is 2.11. The van der Waals surface area contributed by atoms with E-state index in [2.05, 4.69) is 52.7 Å². The van der Waals surface area contributed by atoms with E-state index in [4.69, 9.17) is 5.73 Å². The van der Waals surface area contributed by atoms with E-state index < -0.39 is 0 Å². The molecule has 0 saturated carbocycles. The lowest BCUT2D eigenvalue weighted by Crippen LogP contribution is -2.19. The molecule has 0 spiro atoms. The number of hydrogen-bond donors (Lipinski definition) is 1. The van der Waals surface area contributed by atoms with E-state index in [1.54, 1.807) is 0 Å². The second-order valence-electron chi connectivity index (χ2n) is 5.50. The van der Waals surface area contributed by atoms with Crippen LogP contribution >= 0.6 is 0 Å². The van der Waals surface area contributed by atoms with E-state index in [1.165, 1.54) is 11.1 Å². The number of rotatable bonds is 6. The molecule has 0 amide bonds. The monoisotopic (exact) mass is 272 g/mol. The van der Waals surface area contributed by atoms with E-state index >= 15 is 0 Å². The number of aryl methyl sites for hydroxylation is 1. The van der Waals surface area contributed by atoms with Crippen LogP contribution in [0.2, 0.25) is 0 Å². The molecule has 4 heteroatoms. The first-order chi connectivity index (χ1) is 9.60. The van der Waals surface area contributed by atoms with Gasteiger partial charge in [-0.15, -0.1) is 0 Å². The van der Waals surface area contributed by atoms with Gasteiger partial charge in [0.25, 0.3) is 0 Å². The number of nitrogens with zero attached hydrogens (tertiary/aromatic N) is 3. The molecule has 1 aromatic carbocycles. The maximum atomic E-state index is 5.70. The lowest BCUT2D eigenvalue weighted by molar-refractivity contribution is 0.307. The van der Waals surface area contributed by atoms with E-state index in [-0.39, 0.29) is 0 Å². The minimum Gasteiger partial charge on any atom is -0.337 e. The zero-order valence-electron chi connectivity index (χ0n) is 12.6. The van der Waals surface area contributed by atoms with E-state index in [0.717, 1.165) is 18.9 Å². The maximum absolute atomic E-state index is 5.70. The Morgan fingerprint density at radius 3 is 2.50 bits per heavy atom. The summed E-state index contributed by atoms with van der Waals surface area (Å²) in [5.74, 6) is 1.51. The summed E-state index contributed by atoms with van der Waals surface area (Å²) in [5, 5.41) is 0. The molecule has 0 aliphatic carbocycles. The van der Waals surface area contributed by atoms with Crippen molar-refractivity contribution in [1.29, 1.82) is 0 Å². The largest absolute Gasteiger partial charge is 0.337 e. The van der Waals surface area contributed by atoms with Gasteiger partial charge in [0.1, 0.15) is 5.82 Å². The van der Waals surface area contributed by atoms with Gasteiger partial charge in [-0.3, -0.25) is 4.90 Å². The van der Waals surface area contributed by atoms with Crippen molar-refractivity contribution in [2.75, 3.05) is 13.6 Å². The Morgan fingerprint density at radius 2 is 1.95 bits per heavy atom. The van der Waals surface area contributed by atoms with Gasteiger partial charge in [0, 0.05) is 26.0 Å². The molecule has 108 valence electrons. The minimum atomic E-state index is 0.425. The summed E-state index contributed by atoms with van der Waals surface area (Å²) < 4.78 is 2.06. The molecule has 2 rings (SSSR count). The van der Waals surface area contributed by atoms with Gasteiger partial charge in [-0.2, -0.15) is 0 Å². The Balaban J connectivity index is 1.94. The van der Waals surface area contributed by atoms with Gasteiger partial charge in [-0.1, -0.05) is 31.2 Å². The van der Waals surface area contributed by atoms with Crippen LogP contribution in [0.5, 0.6) is 0 Å². The van der Waals surface area contributed by atoms with Crippen molar-refractivity contribution in [2.45, 2.75) is 25.9 Å². The topological polar surface area (TPSA) is 47.1 Å². The molecule has 20 heavy (non-hydrogen) atoms. The van der Waals surface area contributed by atoms with Crippen LogP contribution in [0.25, 0.3) is 0 Å². The Labute approximate surface area is 121 Å². The van der Waals surface area contributed by atoms with Gasteiger partial charge in [0.15, 0.2) is 0 Å². The molecule has 1 heterocycles. The van der Waals surface area contributed by atoms with Crippen LogP contribution in [0.3, 0.4) is 0 Å². The van der Waals surface area contributed by atoms with Crippen molar-refractivity contribution in [3.05, 3.63) is 53.6 Å². The zero-order chi connectivity index (χ0) is 14.5. The van der Waals surface area contributed by atoms with Gasteiger partial charge in [-0.05, 0) is 30.6 Å². The van der Waals surface area contributed by atoms with Crippen molar-refractivity contribution >= 4 is 0 Å². The molecule has 1 aromatic heterocycles. The van der Waals surface area contributed by atoms with Gasteiger partial charge in [0.2, 0.25) is 0 Å². The van der Waals surface area contributed by atoms with Gasteiger partial charge in [-0.25, -0.2) is 4.98 Å². The lowest BCUT2D eigenvalue weighted by Gasteiger charge is -2.17. The van der Waals surface area contributed by atoms with Crippen LogP contribution in [0, 0.1) is 0 Å². The summed E-state index contributed by atoms with van der Waals surface area (Å²) in [6.07, 6.45) is 3.82. The summed E-state index contributed by atoms with van der Waals surface area (Å²) in [5.41, 5.74) is 8.32. The van der Waals surface area contributed by atoms with Crippen LogP contribution in [0.4, 0.5) is 0 Å². The predicted molar refractivity (Wildman–Crippen MR) is 82.3 cm³/mol. The Bertz CT molecular complexity index is 530. The summed E-state index contributed by atoms with van der Waals surface area (Å²) in [6, 6.07) is 8.75. The first-order valence-corrected chi connectivity index (χ1v) is 7.03. The lowest BCUT2D eigenvalue weighted by atomic mass is 10.00. The molecule has 2 aromatic rings. The second kappa shape index (κ2) is 6.68. The molecule has 0 radical (unpaired) electrons. The van der Waals surface area contributed by atoms with E-state index in [0.29, 0.717) is 12.5 Å². The standard InChI is InChI=1S/C16H24N4/c1-13(10-17)15-6-4-14(5-7-15)11-19(2)12-16-18-8-9-20(16)3/h4-9,13H,10-12,17H2,1-3H3. The highest BCUT2D eigenvalue weighted by molar-refractivity contribution is 5.25. The van der Waals surface area contributed by atoms with Gasteiger partial charge >= 0.3 is 0 Å². The average molecular weight is 272 g/mol. The van der Waals surface area contributed by atoms with Crippen molar-refractivity contribution < 1.29 is 0 Å². The molecule has 1 atom stereocenters. The van der Waals surface area contributed by atoms with Crippen molar-refractivity contribution in [3.63, 3.8) is 0 Å². The normalized spacial score (nSPS) is 12.8. The highest BCUT2D eigenvalue weighted by atomic mass is 15.1. The molecule has 0 fully saturated rings. The third kappa shape index (κ3) is 3.68. The van der Waals surface area contributed by atoms with Crippen molar-refractivity contribution in [2.24, 2.45) is 12.8 Å². The highest BCUT2D eigenvalue weighted by Crippen LogP contribution is 2.15. The minimum absolute atomic E-state index is 0.425. The third-order valence-electron chi connectivity index (χ3n) is 3.69. The Hall–Kier alpha value is -1.65. The summed E-state index contributed by atoms with van der Waals surface area (Å²) >= 11 is 0. The van der Waals surface area contributed by atoms with E-state index in [9.17, 15) is 0 Å². The van der Waals surface area contributed by atoms with Crippen LogP contribution in [0.1, 0.15) is 29.8 Å². The molecule has 0 bridgehead atoms. The van der Waals surface area contributed by atoms with Crippen molar-refractivity contribution in [1.82, 2.24) is 14.5 Å². The number of nitrogens with two attached hydrogens (primary N) is 1. The number of imidazole rings is 1. The third-order valence-corrected chi connectivity index (χ3v) is 3.69. The molecular formula is C16H24N4. The van der Waals surface area contributed by atoms with Crippen molar-refractivity contribution in [3.8, 4) is 0 Å². The number of aromatic nitrogens is 2. The fourth-order valence-corrected chi connectivity index (χ4v) is 2.25. The molecular weight excluding hydrogens is 248 g/mol. The van der Waals surface area contributed by atoms with Crippen LogP contribution < -0.4 is 5.73 Å². The van der Waals surface area contributed by atoms with Gasteiger partial charge < -0.3 is 10.3 Å². The molecule has 1 unspecified atom stereocenters. The SMILES string of the molecule is CC(CN)c1ccc(CN(C)Cc2nccn2C)cc1. The fourth-order valence-electron chi connectivity index (χ4n) is 2.25. The highest BCUT2D eigenvalue weighted by Gasteiger charge is 2.07. The molecule has 0 aliphatic rings. The van der Waals surface area contributed by atoms with Crippen LogP contribution in [-0.2, 0) is 20.1 Å². The summed E-state index contributed by atoms with van der Waals surface area (Å²) in [6.45, 7) is 4.62. The smallest absolute Gasteiger partial charge is 0.122 e.